The Kier molecular flexibility index (Phi) is 3.09. The molecule has 1 aromatic heterocycles. The van der Waals surface area contributed by atoms with Gasteiger partial charge in [0.25, 0.3) is 5.91 Å². The van der Waals surface area contributed by atoms with Crippen molar-refractivity contribution in [1.29, 1.82) is 0 Å². The standard InChI is InChI=1S/C14H10ClF3N2O/c1-20-5-4-8-11(14(16,17)18)9-6-7(15)2-3-10(9)19-12(8)13(20)21/h2-3,6H,4-5H2,1H3. The molecule has 0 radical (unpaired) electrons. The minimum absolute atomic E-state index is 0.0413. The molecule has 0 fully saturated rings. The first-order valence-corrected chi connectivity index (χ1v) is 6.61. The van der Waals surface area contributed by atoms with Crippen molar-refractivity contribution in [3.63, 3.8) is 0 Å². The van der Waals surface area contributed by atoms with E-state index in [2.05, 4.69) is 4.98 Å². The third-order valence-electron chi connectivity index (χ3n) is 3.58. The van der Waals surface area contributed by atoms with Gasteiger partial charge in [0, 0.05) is 24.0 Å². The number of fused-ring (bicyclic) bond motifs is 2. The van der Waals surface area contributed by atoms with E-state index in [1.165, 1.54) is 23.1 Å². The van der Waals surface area contributed by atoms with Gasteiger partial charge in [-0.05, 0) is 30.2 Å². The van der Waals surface area contributed by atoms with Crippen LogP contribution >= 0.6 is 11.6 Å². The third kappa shape index (κ3) is 2.23. The second-order valence-corrected chi connectivity index (χ2v) is 5.39. The summed E-state index contributed by atoms with van der Waals surface area (Å²) in [5.74, 6) is -0.487. The Morgan fingerprint density at radius 1 is 1.33 bits per heavy atom. The molecule has 2 heterocycles. The van der Waals surface area contributed by atoms with E-state index in [9.17, 15) is 18.0 Å². The number of amides is 1. The second-order valence-electron chi connectivity index (χ2n) is 4.95. The van der Waals surface area contributed by atoms with Crippen LogP contribution in [0.3, 0.4) is 0 Å². The molecular formula is C14H10ClF3N2O. The van der Waals surface area contributed by atoms with Gasteiger partial charge in [0.2, 0.25) is 0 Å². The maximum atomic E-state index is 13.5. The molecule has 1 aromatic carbocycles. The van der Waals surface area contributed by atoms with Gasteiger partial charge in [-0.3, -0.25) is 4.79 Å². The highest BCUT2D eigenvalue weighted by atomic mass is 35.5. The van der Waals surface area contributed by atoms with Crippen molar-refractivity contribution in [2.45, 2.75) is 12.6 Å². The molecule has 0 saturated carbocycles. The minimum atomic E-state index is -4.56. The molecule has 3 nitrogen and oxygen atoms in total. The fourth-order valence-electron chi connectivity index (χ4n) is 2.58. The topological polar surface area (TPSA) is 33.2 Å². The zero-order valence-electron chi connectivity index (χ0n) is 11.0. The van der Waals surface area contributed by atoms with Gasteiger partial charge in [0.15, 0.2) is 0 Å². The number of pyridine rings is 1. The van der Waals surface area contributed by atoms with Gasteiger partial charge < -0.3 is 4.90 Å². The van der Waals surface area contributed by atoms with Crippen LogP contribution in [0.15, 0.2) is 18.2 Å². The lowest BCUT2D eigenvalue weighted by molar-refractivity contribution is -0.137. The predicted octanol–water partition coefficient (Wildman–Crippen LogP) is 3.54. The van der Waals surface area contributed by atoms with Crippen LogP contribution < -0.4 is 0 Å². The smallest absolute Gasteiger partial charge is 0.340 e. The average Bonchev–Trinajstić information content (AvgIpc) is 2.39. The quantitative estimate of drug-likeness (QED) is 0.745. The van der Waals surface area contributed by atoms with E-state index >= 15 is 0 Å². The Morgan fingerprint density at radius 2 is 2.05 bits per heavy atom. The minimum Gasteiger partial charge on any atom is -0.340 e. The first kappa shape index (κ1) is 14.1. The number of nitrogens with zero attached hydrogens (tertiary/aromatic N) is 2. The molecule has 110 valence electrons. The van der Waals surface area contributed by atoms with E-state index in [-0.39, 0.29) is 40.1 Å². The number of benzene rings is 1. The largest absolute Gasteiger partial charge is 0.417 e. The Morgan fingerprint density at radius 3 is 2.71 bits per heavy atom. The van der Waals surface area contributed by atoms with Crippen molar-refractivity contribution in [3.05, 3.63) is 40.0 Å². The summed E-state index contributed by atoms with van der Waals surface area (Å²) < 4.78 is 40.4. The summed E-state index contributed by atoms with van der Waals surface area (Å²) in [4.78, 5) is 17.6. The molecular weight excluding hydrogens is 305 g/mol. The van der Waals surface area contributed by atoms with Gasteiger partial charge in [-0.1, -0.05) is 11.6 Å². The van der Waals surface area contributed by atoms with Crippen LogP contribution in [0.1, 0.15) is 21.6 Å². The normalized spacial score (nSPS) is 15.5. The van der Waals surface area contributed by atoms with Crippen LogP contribution in [0, 0.1) is 0 Å². The number of likely N-dealkylation sites (N-methyl/N-ethyl adjacent to an activating group) is 1. The number of rotatable bonds is 0. The van der Waals surface area contributed by atoms with Crippen LogP contribution in [-0.2, 0) is 12.6 Å². The number of hydrogen-bond donors (Lipinski definition) is 0. The Bertz CT molecular complexity index is 758. The molecule has 21 heavy (non-hydrogen) atoms. The van der Waals surface area contributed by atoms with Crippen molar-refractivity contribution in [2.24, 2.45) is 0 Å². The molecule has 1 aliphatic rings. The molecule has 0 bridgehead atoms. The fourth-order valence-corrected chi connectivity index (χ4v) is 2.75. The molecule has 2 aromatic rings. The highest BCUT2D eigenvalue weighted by Gasteiger charge is 2.39. The average molecular weight is 315 g/mol. The lowest BCUT2D eigenvalue weighted by Crippen LogP contribution is -2.36. The van der Waals surface area contributed by atoms with Gasteiger partial charge in [-0.2, -0.15) is 13.2 Å². The van der Waals surface area contributed by atoms with Gasteiger partial charge in [0.1, 0.15) is 5.69 Å². The van der Waals surface area contributed by atoms with E-state index < -0.39 is 17.6 Å². The molecule has 0 N–H and O–H groups in total. The maximum Gasteiger partial charge on any atom is 0.417 e. The van der Waals surface area contributed by atoms with Crippen molar-refractivity contribution in [2.75, 3.05) is 13.6 Å². The van der Waals surface area contributed by atoms with Crippen molar-refractivity contribution in [1.82, 2.24) is 9.88 Å². The molecule has 0 spiro atoms. The number of carbonyl (C=O) groups is 1. The molecule has 0 aliphatic carbocycles. The summed E-state index contributed by atoms with van der Waals surface area (Å²) in [7, 11) is 1.55. The third-order valence-corrected chi connectivity index (χ3v) is 3.81. The fraction of sp³-hybridized carbons (Fsp3) is 0.286. The van der Waals surface area contributed by atoms with Crippen LogP contribution in [-0.4, -0.2) is 29.4 Å². The number of aromatic nitrogens is 1. The van der Waals surface area contributed by atoms with Gasteiger partial charge >= 0.3 is 6.18 Å². The van der Waals surface area contributed by atoms with Crippen LogP contribution in [0.25, 0.3) is 10.9 Å². The summed E-state index contributed by atoms with van der Waals surface area (Å²) in [5.41, 5.74) is -0.841. The van der Waals surface area contributed by atoms with Gasteiger partial charge in [-0.15, -0.1) is 0 Å². The highest BCUT2D eigenvalue weighted by molar-refractivity contribution is 6.31. The second kappa shape index (κ2) is 4.59. The Labute approximate surface area is 123 Å². The lowest BCUT2D eigenvalue weighted by atomic mass is 9.94. The molecule has 0 unspecified atom stereocenters. The number of halogens is 4. The van der Waals surface area contributed by atoms with E-state index in [4.69, 9.17) is 11.6 Å². The molecule has 0 atom stereocenters. The van der Waals surface area contributed by atoms with Crippen LogP contribution in [0.5, 0.6) is 0 Å². The predicted molar refractivity (Wildman–Crippen MR) is 72.4 cm³/mol. The van der Waals surface area contributed by atoms with E-state index in [0.29, 0.717) is 0 Å². The van der Waals surface area contributed by atoms with Crippen LogP contribution in [0.2, 0.25) is 5.02 Å². The number of alkyl halides is 3. The first-order valence-electron chi connectivity index (χ1n) is 6.24. The zero-order chi connectivity index (χ0) is 15.4. The van der Waals surface area contributed by atoms with Gasteiger partial charge in [-0.25, -0.2) is 4.98 Å². The molecule has 1 amide bonds. The molecule has 0 saturated heterocycles. The summed E-state index contributed by atoms with van der Waals surface area (Å²) >= 11 is 5.81. The first-order chi connectivity index (χ1) is 9.79. The highest BCUT2D eigenvalue weighted by Crippen LogP contribution is 2.40. The molecule has 3 rings (SSSR count). The number of carbonyl (C=O) groups excluding carboxylic acids is 1. The van der Waals surface area contributed by atoms with Gasteiger partial charge in [0.05, 0.1) is 11.1 Å². The summed E-state index contributed by atoms with van der Waals surface area (Å²) in [5, 5.41) is 0.139. The van der Waals surface area contributed by atoms with E-state index in [0.717, 1.165) is 0 Å². The van der Waals surface area contributed by atoms with Crippen molar-refractivity contribution in [3.8, 4) is 0 Å². The summed E-state index contributed by atoms with van der Waals surface area (Å²) in [6.07, 6.45) is -4.44. The maximum absolute atomic E-state index is 13.5. The van der Waals surface area contributed by atoms with E-state index in [1.807, 2.05) is 0 Å². The zero-order valence-corrected chi connectivity index (χ0v) is 11.7. The van der Waals surface area contributed by atoms with Crippen LogP contribution in [0.4, 0.5) is 13.2 Å². The van der Waals surface area contributed by atoms with Crippen molar-refractivity contribution >= 4 is 28.4 Å². The Hall–Kier alpha value is -1.82. The van der Waals surface area contributed by atoms with Crippen molar-refractivity contribution < 1.29 is 18.0 Å². The lowest BCUT2D eigenvalue weighted by Gasteiger charge is -2.27. The molecule has 7 heteroatoms. The monoisotopic (exact) mass is 314 g/mol. The summed E-state index contributed by atoms with van der Waals surface area (Å²) in [6, 6.07) is 4.10. The van der Waals surface area contributed by atoms with E-state index in [1.54, 1.807) is 7.05 Å². The molecule has 1 aliphatic heterocycles. The Balaban J connectivity index is 2.43. The SMILES string of the molecule is CN1CCc2c(nc3ccc(Cl)cc3c2C(F)(F)F)C1=O. The summed E-state index contributed by atoms with van der Waals surface area (Å²) in [6.45, 7) is 0.239. The number of hydrogen-bond acceptors (Lipinski definition) is 2.